The molecule has 0 aliphatic heterocycles. The summed E-state index contributed by atoms with van der Waals surface area (Å²) in [6, 6.07) is 0. The predicted molar refractivity (Wildman–Crippen MR) is 65.3 cm³/mol. The minimum Gasteiger partial charge on any atom is -0.857 e. The Morgan fingerprint density at radius 1 is 1.12 bits per heavy atom. The van der Waals surface area contributed by atoms with E-state index in [9.17, 15) is 4.79 Å². The molecule has 5 heteroatoms. The van der Waals surface area contributed by atoms with E-state index in [0.29, 0.717) is 6.29 Å². The molecule has 0 aliphatic rings. The number of nitrogens with one attached hydrogen (secondary N) is 1. The van der Waals surface area contributed by atoms with Gasteiger partial charge in [0.15, 0.2) is 0 Å². The topological polar surface area (TPSA) is 69.2 Å². The third-order valence-corrected chi connectivity index (χ3v) is 1.59. The van der Waals surface area contributed by atoms with Gasteiger partial charge in [0.05, 0.1) is 0 Å². The van der Waals surface area contributed by atoms with E-state index >= 15 is 0 Å². The maximum atomic E-state index is 9.88. The molecule has 1 N–H and O–H groups in total. The Kier molecular flexibility index (Phi) is 55.5. The number of hydrogen-bond donors (Lipinski definition) is 1. The minimum atomic E-state index is 0. The maximum Gasteiger partial charge on any atom is 1.00 e. The Balaban J connectivity index is -0.000000103. The minimum absolute atomic E-state index is 0. The summed E-state index contributed by atoms with van der Waals surface area (Å²) in [5, 5.41) is 11.3. The molecule has 0 unspecified atom stereocenters. The summed E-state index contributed by atoms with van der Waals surface area (Å²) in [6.07, 6.45) is 8.30. The van der Waals surface area contributed by atoms with E-state index in [0.717, 1.165) is 32.8 Å². The maximum absolute atomic E-state index is 9.88. The van der Waals surface area contributed by atoms with Crippen LogP contribution in [0.4, 0.5) is 0 Å². The van der Waals surface area contributed by atoms with E-state index < -0.39 is 0 Å². The Hall–Kier alpha value is 0.636. The molecular formula is C12H24KNO3. The first-order chi connectivity index (χ1) is 7.83. The van der Waals surface area contributed by atoms with E-state index in [-0.39, 0.29) is 51.4 Å². The van der Waals surface area contributed by atoms with Crippen molar-refractivity contribution in [1.82, 2.24) is 5.32 Å². The smallest absolute Gasteiger partial charge is 0.857 e. The zero-order chi connectivity index (χ0) is 13.1. The zero-order valence-electron chi connectivity index (χ0n) is 11.4. The first-order valence-corrected chi connectivity index (χ1v) is 5.38. The summed E-state index contributed by atoms with van der Waals surface area (Å²) in [5.74, 6) is 0. The number of carbonyl (C=O) groups excluding carboxylic acids is 2. The molecule has 0 aromatic heterocycles. The molecule has 0 heterocycles. The monoisotopic (exact) mass is 269 g/mol. The second kappa shape index (κ2) is 36.0. The molecule has 0 fully saturated rings. The molecule has 0 saturated carbocycles. The van der Waals surface area contributed by atoms with Crippen molar-refractivity contribution in [2.24, 2.45) is 0 Å². The van der Waals surface area contributed by atoms with Crippen molar-refractivity contribution in [3.05, 3.63) is 12.7 Å². The van der Waals surface area contributed by atoms with Crippen LogP contribution in [0.5, 0.6) is 0 Å². The Morgan fingerprint density at radius 3 is 1.94 bits per heavy atom. The van der Waals surface area contributed by atoms with Crippen LogP contribution < -0.4 is 61.8 Å². The van der Waals surface area contributed by atoms with Crippen LogP contribution >= 0.6 is 0 Å². The van der Waals surface area contributed by atoms with Crippen molar-refractivity contribution in [1.29, 1.82) is 0 Å². The molecule has 17 heavy (non-hydrogen) atoms. The molecule has 0 spiro atoms. The quantitative estimate of drug-likeness (QED) is 0.233. The third kappa shape index (κ3) is 47.8. The molecule has 0 amide bonds. The van der Waals surface area contributed by atoms with E-state index in [4.69, 9.17) is 9.90 Å². The summed E-state index contributed by atoms with van der Waals surface area (Å²) in [7, 11) is 2.71. The molecule has 0 bridgehead atoms. The van der Waals surface area contributed by atoms with Crippen molar-refractivity contribution in [2.45, 2.75) is 32.1 Å². The number of allylic oxidation sites excluding steroid dienone is 1. The normalized spacial score (nSPS) is 7.24. The van der Waals surface area contributed by atoms with Crippen LogP contribution in [-0.4, -0.2) is 33.3 Å². The average molecular weight is 269 g/mol. The van der Waals surface area contributed by atoms with Gasteiger partial charge in [-0.1, -0.05) is 19.4 Å². The van der Waals surface area contributed by atoms with Crippen LogP contribution in [0.25, 0.3) is 0 Å². The molecule has 96 valence electrons. The van der Waals surface area contributed by atoms with Gasteiger partial charge in [-0.3, -0.25) is 4.79 Å². The van der Waals surface area contributed by atoms with Gasteiger partial charge in [0.25, 0.3) is 0 Å². The number of rotatable bonds is 8. The number of carbonyl (C=O) groups is 2. The molecule has 0 saturated heterocycles. The van der Waals surface area contributed by atoms with Gasteiger partial charge in [0, 0.05) is 6.42 Å². The standard InChI is InChI=1S/C8H17NO.C3H4O.CH3O.K/c1-9-7-5-3-2-4-6-8-10;1-2-3-4;1-2;/h8-9H,2-7H2,1H3;2-3H,1H2;1H3;/q;;-1;+1. The van der Waals surface area contributed by atoms with Crippen molar-refractivity contribution in [3.63, 3.8) is 0 Å². The first-order valence-electron chi connectivity index (χ1n) is 5.38. The largest absolute Gasteiger partial charge is 1.00 e. The molecule has 0 aliphatic carbocycles. The fourth-order valence-electron chi connectivity index (χ4n) is 0.883. The molecular weight excluding hydrogens is 245 g/mol. The zero-order valence-corrected chi connectivity index (χ0v) is 14.5. The SMILES string of the molecule is C=CC=O.CNCCCCCCC=O.C[O-].[K+]. The van der Waals surface area contributed by atoms with Crippen LogP contribution in [-0.2, 0) is 9.59 Å². The summed E-state index contributed by atoms with van der Waals surface area (Å²) in [4.78, 5) is 18.9. The van der Waals surface area contributed by atoms with Crippen LogP contribution in [0.1, 0.15) is 32.1 Å². The predicted octanol–water partition coefficient (Wildman–Crippen LogP) is -2.29. The van der Waals surface area contributed by atoms with Crippen LogP contribution in [0.15, 0.2) is 12.7 Å². The van der Waals surface area contributed by atoms with Crippen LogP contribution in [0.3, 0.4) is 0 Å². The van der Waals surface area contributed by atoms with Crippen LogP contribution in [0.2, 0.25) is 0 Å². The van der Waals surface area contributed by atoms with Gasteiger partial charge in [-0.15, -0.1) is 0 Å². The molecule has 4 nitrogen and oxygen atoms in total. The van der Waals surface area contributed by atoms with Gasteiger partial charge < -0.3 is 15.2 Å². The fourth-order valence-corrected chi connectivity index (χ4v) is 0.883. The summed E-state index contributed by atoms with van der Waals surface area (Å²) in [5.41, 5.74) is 0. The van der Waals surface area contributed by atoms with Crippen molar-refractivity contribution in [3.8, 4) is 0 Å². The molecule has 0 rings (SSSR count). The van der Waals surface area contributed by atoms with Gasteiger partial charge in [0.2, 0.25) is 0 Å². The van der Waals surface area contributed by atoms with Gasteiger partial charge in [-0.2, -0.15) is 7.11 Å². The van der Waals surface area contributed by atoms with Crippen molar-refractivity contribution < 1.29 is 66.1 Å². The van der Waals surface area contributed by atoms with Crippen molar-refractivity contribution in [2.75, 3.05) is 20.7 Å². The summed E-state index contributed by atoms with van der Waals surface area (Å²) < 4.78 is 0. The Morgan fingerprint density at radius 2 is 1.59 bits per heavy atom. The van der Waals surface area contributed by atoms with Crippen molar-refractivity contribution >= 4 is 12.6 Å². The van der Waals surface area contributed by atoms with Gasteiger partial charge in [0.1, 0.15) is 12.6 Å². The van der Waals surface area contributed by atoms with E-state index in [1.807, 2.05) is 7.05 Å². The average Bonchev–Trinajstić information content (AvgIpc) is 2.36. The number of unbranched alkanes of at least 4 members (excludes halogenated alkanes) is 4. The fraction of sp³-hybridized carbons (Fsp3) is 0.667. The Bertz CT molecular complexity index is 138. The summed E-state index contributed by atoms with van der Waals surface area (Å²) in [6.45, 7) is 4.21. The van der Waals surface area contributed by atoms with Crippen LogP contribution in [0, 0.1) is 0 Å². The van der Waals surface area contributed by atoms with Gasteiger partial charge in [-0.25, -0.2) is 0 Å². The summed E-state index contributed by atoms with van der Waals surface area (Å²) >= 11 is 0. The molecule has 0 aromatic rings. The van der Waals surface area contributed by atoms with E-state index in [2.05, 4.69) is 11.9 Å². The molecule has 0 radical (unpaired) electrons. The second-order valence-corrected chi connectivity index (χ2v) is 2.84. The van der Waals surface area contributed by atoms with Gasteiger partial charge >= 0.3 is 51.4 Å². The first kappa shape index (κ1) is 26.2. The van der Waals surface area contributed by atoms with Gasteiger partial charge in [-0.05, 0) is 32.5 Å². The number of aldehydes is 2. The molecule has 0 atom stereocenters. The Labute approximate surface area is 148 Å². The number of hydrogen-bond acceptors (Lipinski definition) is 4. The third-order valence-electron chi connectivity index (χ3n) is 1.59. The second-order valence-electron chi connectivity index (χ2n) is 2.84. The van der Waals surface area contributed by atoms with E-state index in [1.165, 1.54) is 25.3 Å². The molecule has 0 aromatic carbocycles. The van der Waals surface area contributed by atoms with E-state index in [1.54, 1.807) is 0 Å².